The first-order valence-electron chi connectivity index (χ1n) is 31.9. The minimum atomic E-state index is -3.05. The van der Waals surface area contributed by atoms with Gasteiger partial charge < -0.3 is 36.9 Å². The Labute approximate surface area is 594 Å². The predicted octanol–water partition coefficient (Wildman–Crippen LogP) is 11.7. The number of nitrogens with two attached hydrogens (primary N) is 2. The lowest BCUT2D eigenvalue weighted by atomic mass is 10.1. The molecule has 0 aliphatic carbocycles. The summed E-state index contributed by atoms with van der Waals surface area (Å²) >= 11 is 6.11. The van der Waals surface area contributed by atoms with Crippen LogP contribution in [0.5, 0.6) is 0 Å². The van der Waals surface area contributed by atoms with Gasteiger partial charge >= 0.3 is 12.2 Å². The third-order valence-corrected chi connectivity index (χ3v) is 16.7. The van der Waals surface area contributed by atoms with E-state index in [1.165, 1.54) is 35.4 Å². The normalized spacial score (nSPS) is 11.5. The number of nitrogen functional groups attached to an aromatic ring is 1. The molecule has 7 N–H and O–H groups in total. The summed E-state index contributed by atoms with van der Waals surface area (Å²) in [6.07, 6.45) is 14.7. The maximum atomic E-state index is 13.6. The van der Waals surface area contributed by atoms with E-state index in [0.717, 1.165) is 93.2 Å². The van der Waals surface area contributed by atoms with Crippen LogP contribution in [0.2, 0.25) is 5.15 Å². The number of halogens is 3. The first-order chi connectivity index (χ1) is 47.4. The molecule has 0 radical (unpaired) electrons. The lowest BCUT2D eigenvalue weighted by Gasteiger charge is -2.19. The Bertz CT molecular complexity index is 4730. The predicted molar refractivity (Wildman–Crippen MR) is 393 cm³/mol. The highest BCUT2D eigenvalue weighted by molar-refractivity contribution is 7.90. The number of alkyl carbamates (subject to hydrolysis) is 2. The molecule has 10 aromatic rings. The number of nitrogens with one attached hydrogen (secondary N) is 3. The number of sulfone groups is 3. The molecule has 0 saturated carbocycles. The number of nitrogens with zero attached hydrogens (tertiary/aromatic N) is 8. The summed E-state index contributed by atoms with van der Waals surface area (Å²) in [5.74, 6) is 0.107. The number of carbonyl (C=O) groups is 2. The third kappa shape index (κ3) is 29.7. The monoisotopic (exact) mass is 1460 g/mol. The van der Waals surface area contributed by atoms with Gasteiger partial charge in [0.05, 0.1) is 53.4 Å². The van der Waals surface area contributed by atoms with Crippen LogP contribution in [-0.2, 0) is 81.9 Å². The van der Waals surface area contributed by atoms with E-state index in [1.54, 1.807) is 47.5 Å². The van der Waals surface area contributed by atoms with Crippen LogP contribution < -0.4 is 27.4 Å². The zero-order valence-corrected chi connectivity index (χ0v) is 61.7. The molecular formula is C72H88ClF2N13O10S3. The van der Waals surface area contributed by atoms with Crippen molar-refractivity contribution in [1.82, 2.24) is 49.8 Å². The summed E-state index contributed by atoms with van der Waals surface area (Å²) < 4.78 is 108. The van der Waals surface area contributed by atoms with Crippen molar-refractivity contribution in [1.29, 1.82) is 0 Å². The van der Waals surface area contributed by atoms with Gasteiger partial charge in [-0.15, -0.1) is 0 Å². The molecule has 2 amide bonds. The van der Waals surface area contributed by atoms with E-state index in [-0.39, 0.29) is 23.4 Å². The van der Waals surface area contributed by atoms with Crippen molar-refractivity contribution in [2.75, 3.05) is 56.0 Å². The van der Waals surface area contributed by atoms with Gasteiger partial charge in [0.2, 0.25) is 0 Å². The van der Waals surface area contributed by atoms with Gasteiger partial charge in [-0.2, -0.15) is 14.7 Å². The number of benzene rings is 4. The highest BCUT2D eigenvalue weighted by Gasteiger charge is 2.18. The minimum absolute atomic E-state index is 0.0386. The van der Waals surface area contributed by atoms with Crippen molar-refractivity contribution in [2.45, 2.75) is 110 Å². The number of amides is 2. The second-order valence-electron chi connectivity index (χ2n) is 25.9. The van der Waals surface area contributed by atoms with Crippen molar-refractivity contribution < 1.29 is 53.1 Å². The molecule has 29 heteroatoms. The van der Waals surface area contributed by atoms with Crippen molar-refractivity contribution in [3.05, 3.63) is 225 Å². The molecule has 0 spiro atoms. The molecule has 23 nitrogen and oxygen atoms in total. The zero-order chi connectivity index (χ0) is 74.3. The van der Waals surface area contributed by atoms with Crippen LogP contribution in [0.25, 0.3) is 33.8 Å². The quantitative estimate of drug-likeness (QED) is 0.0349. The molecule has 10 rings (SSSR count). The number of aromatic nitrogens is 8. The maximum absolute atomic E-state index is 13.6. The van der Waals surface area contributed by atoms with Crippen molar-refractivity contribution in [2.24, 2.45) is 5.73 Å². The van der Waals surface area contributed by atoms with Crippen LogP contribution in [-0.4, -0.2) is 133 Å². The molecule has 4 aromatic carbocycles. The molecule has 6 aromatic heterocycles. The first-order valence-corrected chi connectivity index (χ1v) is 38.5. The Morgan fingerprint density at radius 3 is 1.22 bits per heavy atom. The SMILES string of the molecule is CC(C)(C)OC(=O)NCCc1ccc(CS(C)(=O)=O)cc1.CC(C)(C)OC(=O)NCCc1ccc(N)cc1.CS(=O)(=O)Cc1ccc(CCN)cc1.Cc1cnn2c(Cl)cc(-c3cncc(F)c3)nc12.Cc1cnn2c(NCCc3ccc(CS(C)(=O)=O)cc3)cc(-c3cncc(F)c3)nc12. The number of hydrogen-bond donors (Lipinski definition) is 5. The number of pyridine rings is 2. The number of hydrogen-bond acceptors (Lipinski definition) is 19. The number of carbonyl (C=O) groups excluding carboxylic acids is 2. The van der Waals surface area contributed by atoms with Gasteiger partial charge in [-0.05, 0) is 151 Å². The first kappa shape index (κ1) is 80.5. The maximum Gasteiger partial charge on any atom is 0.407 e. The number of anilines is 2. The van der Waals surface area contributed by atoms with Gasteiger partial charge in [-0.3, -0.25) is 9.97 Å². The summed E-state index contributed by atoms with van der Waals surface area (Å²) in [5.41, 5.74) is 23.1. The summed E-state index contributed by atoms with van der Waals surface area (Å²) in [6, 6.07) is 36.2. The number of fused-ring (bicyclic) bond motifs is 2. The van der Waals surface area contributed by atoms with Crippen molar-refractivity contribution in [3.63, 3.8) is 0 Å². The van der Waals surface area contributed by atoms with Crippen LogP contribution in [0, 0.1) is 25.5 Å². The summed E-state index contributed by atoms with van der Waals surface area (Å²) in [7, 11) is -8.98. The smallest absolute Gasteiger partial charge is 0.407 e. The fourth-order valence-corrected chi connectivity index (χ4v) is 12.0. The van der Waals surface area contributed by atoms with Gasteiger partial charge in [-0.25, -0.2) is 58.1 Å². The summed E-state index contributed by atoms with van der Waals surface area (Å²) in [5, 5.41) is 17.7. The van der Waals surface area contributed by atoms with Crippen molar-refractivity contribution in [3.8, 4) is 22.5 Å². The molecule has 540 valence electrons. The molecular weight excluding hydrogens is 1380 g/mol. The molecule has 0 unspecified atom stereocenters. The Balaban J connectivity index is 0.000000205. The van der Waals surface area contributed by atoms with Gasteiger partial charge in [0.25, 0.3) is 0 Å². The van der Waals surface area contributed by atoms with E-state index in [9.17, 15) is 43.6 Å². The fourth-order valence-electron chi connectivity index (χ4n) is 9.38. The second kappa shape index (κ2) is 36.7. The van der Waals surface area contributed by atoms with E-state index >= 15 is 0 Å². The van der Waals surface area contributed by atoms with E-state index in [4.69, 9.17) is 32.5 Å². The third-order valence-electron chi connectivity index (χ3n) is 13.9. The zero-order valence-electron chi connectivity index (χ0n) is 58.5. The Morgan fingerprint density at radius 2 is 0.842 bits per heavy atom. The van der Waals surface area contributed by atoms with Gasteiger partial charge in [-0.1, -0.05) is 96.5 Å². The van der Waals surface area contributed by atoms with Gasteiger partial charge in [0.1, 0.15) is 33.8 Å². The molecule has 0 saturated heterocycles. The molecule has 0 bridgehead atoms. The van der Waals surface area contributed by atoms with Crippen LogP contribution in [0.15, 0.2) is 159 Å². The largest absolute Gasteiger partial charge is 0.444 e. The fraction of sp³-hybridized carbons (Fsp3) is 0.333. The lowest BCUT2D eigenvalue weighted by Crippen LogP contribution is -2.33. The van der Waals surface area contributed by atoms with E-state index in [2.05, 4.69) is 46.1 Å². The molecule has 0 aliphatic rings. The highest BCUT2D eigenvalue weighted by atomic mass is 35.5. The van der Waals surface area contributed by atoms with E-state index < -0.39 is 58.4 Å². The average Bonchev–Trinajstić information content (AvgIpc) is 1.73. The topological polar surface area (TPSA) is 329 Å². The highest BCUT2D eigenvalue weighted by Crippen LogP contribution is 2.26. The second-order valence-corrected chi connectivity index (χ2v) is 32.7. The molecule has 0 fully saturated rings. The van der Waals surface area contributed by atoms with Crippen LogP contribution in [0.1, 0.15) is 91.6 Å². The van der Waals surface area contributed by atoms with Gasteiger partial charge in [0.15, 0.2) is 40.8 Å². The van der Waals surface area contributed by atoms with E-state index in [0.29, 0.717) is 71.6 Å². The Morgan fingerprint density at radius 1 is 0.495 bits per heavy atom. The number of aryl methyl sites for hydroxylation is 2. The molecule has 0 atom stereocenters. The standard InChI is InChI=1S/C22H22FN5O2S.C15H23NO4S.C13H20N2O2.C12H8ClFN4.C10H15NO2S/c1-15-11-26-28-21(10-20(27-22(15)28)18-9-19(23)13-24-12-18)25-8-7-16-3-5-17(6-4-16)14-31(2,29)30;1-15(2,3)20-14(17)16-10-9-12-5-7-13(8-6-12)11-21(4,18)19;1-13(2,3)17-12(16)15-9-8-10-4-6-11(14)7-5-10;1-7-4-16-18-11(13)3-10(17-12(7)18)8-2-9(14)6-15-5-8;1-14(12,13)8-10-4-2-9(3-5-10)6-7-11/h3-6,9-13,25H,7-8,14H2,1-2H3;5-8H,9-11H2,1-4H3,(H,16,17);4-7H,8-9,14H2,1-3H3,(H,15,16);2-6H,1H3;2-5H,6-8,11H2,1H3. The molecule has 6 heterocycles. The summed E-state index contributed by atoms with van der Waals surface area (Å²) in [4.78, 5) is 39.6. The number of ether oxygens (including phenoxy) is 2. The van der Waals surface area contributed by atoms with Crippen LogP contribution in [0.4, 0.5) is 29.9 Å². The average molecular weight is 1470 g/mol. The molecule has 101 heavy (non-hydrogen) atoms. The Hall–Kier alpha value is -9.48. The van der Waals surface area contributed by atoms with Crippen molar-refractivity contribution >= 4 is 76.1 Å². The van der Waals surface area contributed by atoms with Crippen LogP contribution in [0.3, 0.4) is 0 Å². The summed E-state index contributed by atoms with van der Waals surface area (Å²) in [6.45, 7) is 17.0. The van der Waals surface area contributed by atoms with Crippen LogP contribution >= 0.6 is 11.6 Å². The van der Waals surface area contributed by atoms with Gasteiger partial charge in [0, 0.05) is 90.9 Å². The van der Waals surface area contributed by atoms with E-state index in [1.807, 2.05) is 146 Å². The number of rotatable bonds is 20. The Kier molecular flexibility index (Phi) is 29.3. The minimum Gasteiger partial charge on any atom is -0.444 e. The molecule has 0 aliphatic heterocycles. The lowest BCUT2D eigenvalue weighted by molar-refractivity contribution is 0.0517.